The van der Waals surface area contributed by atoms with Gasteiger partial charge in [-0.3, -0.25) is 9.59 Å². The van der Waals surface area contributed by atoms with Gasteiger partial charge in [-0.05, 0) is 54.1 Å². The summed E-state index contributed by atoms with van der Waals surface area (Å²) in [5.41, 5.74) is 4.55. The van der Waals surface area contributed by atoms with Gasteiger partial charge in [0.15, 0.2) is 0 Å². The number of carbonyl (C=O) groups excluding carboxylic acids is 2. The molecule has 2 amide bonds. The lowest BCUT2D eigenvalue weighted by molar-refractivity contribution is 0.0962. The third-order valence-corrected chi connectivity index (χ3v) is 4.60. The van der Waals surface area contributed by atoms with Crippen LogP contribution in [0.1, 0.15) is 26.3 Å². The Balaban J connectivity index is 1.43. The van der Waals surface area contributed by atoms with E-state index < -0.39 is 0 Å². The Morgan fingerprint density at radius 2 is 1.52 bits per heavy atom. The average molecular weight is 385 g/mol. The van der Waals surface area contributed by atoms with Crippen LogP contribution < -0.4 is 10.6 Å². The van der Waals surface area contributed by atoms with Crippen molar-refractivity contribution >= 4 is 28.5 Å². The third kappa shape index (κ3) is 3.98. The number of aromatic nitrogens is 3. The van der Waals surface area contributed by atoms with Crippen LogP contribution in [0.15, 0.2) is 72.8 Å². The van der Waals surface area contributed by atoms with Crippen molar-refractivity contribution in [1.29, 1.82) is 0 Å². The number of carbonyl (C=O) groups is 2. The molecule has 0 radical (unpaired) electrons. The second-order valence-electron chi connectivity index (χ2n) is 6.54. The minimum Gasteiger partial charge on any atom is -0.355 e. The fraction of sp³-hybridized carbons (Fsp3) is 0.0909. The summed E-state index contributed by atoms with van der Waals surface area (Å²) >= 11 is 0. The zero-order valence-electron chi connectivity index (χ0n) is 15.8. The van der Waals surface area contributed by atoms with Gasteiger partial charge in [0.1, 0.15) is 5.52 Å². The van der Waals surface area contributed by atoms with Crippen molar-refractivity contribution in [3.63, 3.8) is 0 Å². The minimum atomic E-state index is -0.213. The van der Waals surface area contributed by atoms with Crippen LogP contribution in [0.25, 0.3) is 11.0 Å². The maximum atomic E-state index is 12.5. The highest BCUT2D eigenvalue weighted by Crippen LogP contribution is 2.15. The lowest BCUT2D eigenvalue weighted by atomic mass is 10.1. The SMILES string of the molecule is CNC(=O)c1ccc(NC(=O)c2ccc(Cn3nnc4ccccc43)cc2)cc1. The molecule has 4 aromatic rings. The summed E-state index contributed by atoms with van der Waals surface area (Å²) in [6, 6.07) is 21.9. The number of nitrogens with one attached hydrogen (secondary N) is 2. The predicted molar refractivity (Wildman–Crippen MR) is 111 cm³/mol. The van der Waals surface area contributed by atoms with Gasteiger partial charge in [0.25, 0.3) is 11.8 Å². The van der Waals surface area contributed by atoms with Crippen molar-refractivity contribution in [2.75, 3.05) is 12.4 Å². The van der Waals surface area contributed by atoms with Crippen LogP contribution in [-0.4, -0.2) is 33.9 Å². The number of rotatable bonds is 5. The number of para-hydroxylation sites is 1. The number of hydrogen-bond donors (Lipinski definition) is 2. The second kappa shape index (κ2) is 7.93. The average Bonchev–Trinajstić information content (AvgIpc) is 3.17. The summed E-state index contributed by atoms with van der Waals surface area (Å²) in [4.78, 5) is 24.1. The molecular weight excluding hydrogens is 366 g/mol. The molecule has 0 saturated carbocycles. The van der Waals surface area contributed by atoms with E-state index in [0.29, 0.717) is 23.4 Å². The number of nitrogens with zero attached hydrogens (tertiary/aromatic N) is 3. The normalized spacial score (nSPS) is 10.7. The summed E-state index contributed by atoms with van der Waals surface area (Å²) in [6.45, 7) is 0.573. The molecule has 1 aromatic heterocycles. The smallest absolute Gasteiger partial charge is 0.255 e. The summed E-state index contributed by atoms with van der Waals surface area (Å²) < 4.78 is 1.83. The van der Waals surface area contributed by atoms with E-state index in [2.05, 4.69) is 20.9 Å². The lowest BCUT2D eigenvalue weighted by Gasteiger charge is -2.08. The number of fused-ring (bicyclic) bond motifs is 1. The Labute approximate surface area is 167 Å². The molecular formula is C22H19N5O2. The van der Waals surface area contributed by atoms with E-state index in [-0.39, 0.29) is 11.8 Å². The topological polar surface area (TPSA) is 88.9 Å². The van der Waals surface area contributed by atoms with Crippen molar-refractivity contribution in [3.05, 3.63) is 89.5 Å². The monoisotopic (exact) mass is 385 g/mol. The first-order valence-electron chi connectivity index (χ1n) is 9.15. The number of anilines is 1. The molecule has 0 aliphatic heterocycles. The van der Waals surface area contributed by atoms with Crippen molar-refractivity contribution in [2.45, 2.75) is 6.54 Å². The molecule has 1 heterocycles. The first-order valence-corrected chi connectivity index (χ1v) is 9.15. The molecule has 2 N–H and O–H groups in total. The Morgan fingerprint density at radius 3 is 2.24 bits per heavy atom. The summed E-state index contributed by atoms with van der Waals surface area (Å²) in [5.74, 6) is -0.380. The molecule has 0 spiro atoms. The van der Waals surface area contributed by atoms with E-state index in [4.69, 9.17) is 0 Å². The highest BCUT2D eigenvalue weighted by Gasteiger charge is 2.09. The maximum Gasteiger partial charge on any atom is 0.255 e. The molecule has 0 unspecified atom stereocenters. The molecule has 0 saturated heterocycles. The van der Waals surface area contributed by atoms with Crippen LogP contribution >= 0.6 is 0 Å². The fourth-order valence-electron chi connectivity index (χ4n) is 3.02. The molecule has 0 aliphatic rings. The minimum absolute atomic E-state index is 0.168. The first kappa shape index (κ1) is 18.4. The van der Waals surface area contributed by atoms with Crippen molar-refractivity contribution in [2.24, 2.45) is 0 Å². The van der Waals surface area contributed by atoms with Crippen LogP contribution in [0.3, 0.4) is 0 Å². The van der Waals surface area contributed by atoms with Gasteiger partial charge in [-0.2, -0.15) is 0 Å². The van der Waals surface area contributed by atoms with E-state index >= 15 is 0 Å². The largest absolute Gasteiger partial charge is 0.355 e. The number of hydrogen-bond acceptors (Lipinski definition) is 4. The Kier molecular flexibility index (Phi) is 5.03. The van der Waals surface area contributed by atoms with Gasteiger partial charge in [-0.15, -0.1) is 5.10 Å². The second-order valence-corrected chi connectivity index (χ2v) is 6.54. The van der Waals surface area contributed by atoms with Crippen molar-refractivity contribution in [1.82, 2.24) is 20.3 Å². The van der Waals surface area contributed by atoms with Crippen LogP contribution in [0, 0.1) is 0 Å². The molecule has 29 heavy (non-hydrogen) atoms. The Hall–Kier alpha value is -4.00. The molecule has 3 aromatic carbocycles. The Morgan fingerprint density at radius 1 is 0.862 bits per heavy atom. The van der Waals surface area contributed by atoms with E-state index in [0.717, 1.165) is 16.6 Å². The van der Waals surface area contributed by atoms with E-state index in [1.807, 2.05) is 41.1 Å². The molecule has 0 fully saturated rings. The van der Waals surface area contributed by atoms with E-state index in [1.165, 1.54) is 0 Å². The predicted octanol–water partition coefficient (Wildman–Crippen LogP) is 3.09. The summed E-state index contributed by atoms with van der Waals surface area (Å²) in [7, 11) is 1.58. The highest BCUT2D eigenvalue weighted by atomic mass is 16.2. The third-order valence-electron chi connectivity index (χ3n) is 4.60. The summed E-state index contributed by atoms with van der Waals surface area (Å²) in [5, 5.41) is 13.7. The van der Waals surface area contributed by atoms with Gasteiger partial charge in [-0.1, -0.05) is 29.5 Å². The quantitative estimate of drug-likeness (QED) is 0.552. The molecule has 144 valence electrons. The van der Waals surface area contributed by atoms with Gasteiger partial charge in [-0.25, -0.2) is 4.68 Å². The lowest BCUT2D eigenvalue weighted by Crippen LogP contribution is -2.17. The molecule has 7 nitrogen and oxygen atoms in total. The zero-order valence-corrected chi connectivity index (χ0v) is 15.8. The fourth-order valence-corrected chi connectivity index (χ4v) is 3.02. The van der Waals surface area contributed by atoms with Gasteiger partial charge in [0, 0.05) is 23.9 Å². The highest BCUT2D eigenvalue weighted by molar-refractivity contribution is 6.04. The molecule has 0 bridgehead atoms. The van der Waals surface area contributed by atoms with Crippen LogP contribution in [0.5, 0.6) is 0 Å². The maximum absolute atomic E-state index is 12.5. The number of benzene rings is 3. The van der Waals surface area contributed by atoms with E-state index in [9.17, 15) is 9.59 Å². The van der Waals surface area contributed by atoms with Crippen LogP contribution in [0.4, 0.5) is 5.69 Å². The van der Waals surface area contributed by atoms with Crippen LogP contribution in [-0.2, 0) is 6.54 Å². The molecule has 0 atom stereocenters. The van der Waals surface area contributed by atoms with Gasteiger partial charge < -0.3 is 10.6 Å². The molecule has 0 aliphatic carbocycles. The summed E-state index contributed by atoms with van der Waals surface area (Å²) in [6.07, 6.45) is 0. The Bertz CT molecular complexity index is 1160. The van der Waals surface area contributed by atoms with Crippen molar-refractivity contribution in [3.8, 4) is 0 Å². The van der Waals surface area contributed by atoms with Gasteiger partial charge >= 0.3 is 0 Å². The molecule has 4 rings (SSSR count). The first-order chi connectivity index (χ1) is 14.1. The van der Waals surface area contributed by atoms with E-state index in [1.54, 1.807) is 43.4 Å². The van der Waals surface area contributed by atoms with Crippen molar-refractivity contribution < 1.29 is 9.59 Å². The number of amides is 2. The standard InChI is InChI=1S/C22H19N5O2/c1-23-21(28)16-10-12-18(13-11-16)24-22(29)17-8-6-15(7-9-17)14-27-20-5-3-2-4-19(20)25-26-27/h2-13H,14H2,1H3,(H,23,28)(H,24,29). The zero-order chi connectivity index (χ0) is 20.2. The van der Waals surface area contributed by atoms with Crippen LogP contribution in [0.2, 0.25) is 0 Å². The van der Waals surface area contributed by atoms with Gasteiger partial charge in [0.2, 0.25) is 0 Å². The molecule has 7 heteroatoms. The van der Waals surface area contributed by atoms with Gasteiger partial charge in [0.05, 0.1) is 12.1 Å².